The van der Waals surface area contributed by atoms with E-state index in [0.29, 0.717) is 16.8 Å². The molecule has 0 aromatic heterocycles. The van der Waals surface area contributed by atoms with E-state index in [-0.39, 0.29) is 27.7 Å². The molecule has 8 heteroatoms. The highest BCUT2D eigenvalue weighted by atomic mass is 32.2. The van der Waals surface area contributed by atoms with Gasteiger partial charge in [-0.1, -0.05) is 48.5 Å². The lowest BCUT2D eigenvalue weighted by molar-refractivity contribution is 0.0696. The van der Waals surface area contributed by atoms with Gasteiger partial charge in [0.05, 0.1) is 21.9 Å². The lowest BCUT2D eigenvalue weighted by atomic mass is 9.92. The minimum atomic E-state index is -4.01. The van der Waals surface area contributed by atoms with E-state index in [2.05, 4.69) is 9.71 Å². The van der Waals surface area contributed by atoms with E-state index < -0.39 is 16.0 Å². The van der Waals surface area contributed by atoms with Crippen molar-refractivity contribution in [2.75, 3.05) is 5.32 Å². The van der Waals surface area contributed by atoms with E-state index in [1.54, 1.807) is 54.6 Å². The van der Waals surface area contributed by atoms with E-state index in [0.717, 1.165) is 0 Å². The Morgan fingerprint density at radius 2 is 1.55 bits per heavy atom. The molecule has 0 bridgehead atoms. The molecule has 7 nitrogen and oxygen atoms in total. The van der Waals surface area contributed by atoms with Crippen molar-refractivity contribution >= 4 is 33.2 Å². The number of hydrogen-bond acceptors (Lipinski definition) is 5. The van der Waals surface area contributed by atoms with Crippen molar-refractivity contribution in [1.82, 2.24) is 0 Å². The van der Waals surface area contributed by atoms with Gasteiger partial charge in [0, 0.05) is 16.8 Å². The Morgan fingerprint density at radius 3 is 2.26 bits per heavy atom. The van der Waals surface area contributed by atoms with Crippen LogP contribution in [0.25, 0.3) is 0 Å². The van der Waals surface area contributed by atoms with Crippen LogP contribution in [0.2, 0.25) is 0 Å². The lowest BCUT2D eigenvalue weighted by Gasteiger charge is -2.19. The van der Waals surface area contributed by atoms with Gasteiger partial charge in [-0.3, -0.25) is 4.79 Å². The van der Waals surface area contributed by atoms with Crippen molar-refractivity contribution < 1.29 is 23.1 Å². The molecule has 0 radical (unpaired) electrons. The molecule has 0 atom stereocenters. The van der Waals surface area contributed by atoms with Gasteiger partial charge in [-0.15, -0.1) is 0 Å². The number of anilines is 1. The van der Waals surface area contributed by atoms with Crippen LogP contribution in [0.3, 0.4) is 0 Å². The molecule has 3 aromatic rings. The fraction of sp³-hybridized carbons (Fsp3) is 0. The Labute approximate surface area is 178 Å². The molecular weight excluding hydrogens is 416 g/mol. The van der Waals surface area contributed by atoms with Gasteiger partial charge in [0.1, 0.15) is 0 Å². The van der Waals surface area contributed by atoms with Crippen LogP contribution in [0.5, 0.6) is 0 Å². The third-order valence-corrected chi connectivity index (χ3v) is 5.93. The number of nitrogens with zero attached hydrogens (tertiary/aromatic N) is 1. The summed E-state index contributed by atoms with van der Waals surface area (Å²) in [6.07, 6.45) is 1.36. The second-order valence-electron chi connectivity index (χ2n) is 6.71. The van der Waals surface area contributed by atoms with E-state index in [1.807, 2.05) is 0 Å². The third-order valence-electron chi connectivity index (χ3n) is 4.62. The first-order chi connectivity index (χ1) is 14.8. The molecular formula is C23H16N2O5S. The highest BCUT2D eigenvalue weighted by Crippen LogP contribution is 2.25. The maximum Gasteiger partial charge on any atom is 0.335 e. The second-order valence-corrected chi connectivity index (χ2v) is 8.31. The summed E-state index contributed by atoms with van der Waals surface area (Å²) in [5, 5.41) is 12.1. The van der Waals surface area contributed by atoms with Crippen molar-refractivity contribution in [2.24, 2.45) is 4.40 Å². The monoisotopic (exact) mass is 432 g/mol. The molecule has 31 heavy (non-hydrogen) atoms. The van der Waals surface area contributed by atoms with E-state index >= 15 is 0 Å². The number of aromatic carboxylic acids is 1. The number of hydrogen-bond donors (Lipinski definition) is 2. The molecule has 1 aliphatic carbocycles. The number of rotatable bonds is 5. The SMILES string of the molecule is O=C(O)c1cccc(NC2=CC(=NS(=O)(=O)c3ccccc3)c3ccccc3C2=O)c1. The zero-order valence-electron chi connectivity index (χ0n) is 16.0. The number of ketones is 1. The highest BCUT2D eigenvalue weighted by molar-refractivity contribution is 7.90. The van der Waals surface area contributed by atoms with Crippen LogP contribution in [0.4, 0.5) is 5.69 Å². The van der Waals surface area contributed by atoms with E-state index in [9.17, 15) is 23.1 Å². The molecule has 0 fully saturated rings. The fourth-order valence-corrected chi connectivity index (χ4v) is 4.17. The Hall–Kier alpha value is -4.04. The van der Waals surface area contributed by atoms with Crippen molar-refractivity contribution in [3.05, 3.63) is 107 Å². The summed E-state index contributed by atoms with van der Waals surface area (Å²) in [6.45, 7) is 0. The molecule has 2 N–H and O–H groups in total. The number of carbonyl (C=O) groups excluding carboxylic acids is 1. The standard InChI is InChI=1S/C23H16N2O5S/c26-22-19-12-5-4-11-18(19)20(25-31(29,30)17-9-2-1-3-10-17)14-21(22)24-16-8-6-7-15(13-16)23(27)28/h1-14,24H,(H,27,28). The molecule has 0 saturated heterocycles. The van der Waals surface area contributed by atoms with Gasteiger partial charge in [0.25, 0.3) is 10.0 Å². The summed E-state index contributed by atoms with van der Waals surface area (Å²) >= 11 is 0. The number of allylic oxidation sites excluding steroid dienone is 2. The Balaban J connectivity index is 1.80. The summed E-state index contributed by atoms with van der Waals surface area (Å²) in [5.74, 6) is -1.46. The summed E-state index contributed by atoms with van der Waals surface area (Å²) in [5.41, 5.74) is 1.32. The fourth-order valence-electron chi connectivity index (χ4n) is 3.16. The summed E-state index contributed by atoms with van der Waals surface area (Å²) < 4.78 is 29.6. The number of sulfonamides is 1. The summed E-state index contributed by atoms with van der Waals surface area (Å²) in [4.78, 5) is 24.2. The molecule has 0 amide bonds. The van der Waals surface area contributed by atoms with Crippen LogP contribution in [0, 0.1) is 0 Å². The maximum absolute atomic E-state index is 13.0. The van der Waals surface area contributed by atoms with Crippen LogP contribution >= 0.6 is 0 Å². The number of fused-ring (bicyclic) bond motifs is 1. The average Bonchev–Trinajstić information content (AvgIpc) is 2.77. The van der Waals surface area contributed by atoms with Gasteiger partial charge in [-0.25, -0.2) is 4.79 Å². The first-order valence-corrected chi connectivity index (χ1v) is 10.7. The zero-order chi connectivity index (χ0) is 22.0. The molecule has 154 valence electrons. The van der Waals surface area contributed by atoms with Gasteiger partial charge < -0.3 is 10.4 Å². The summed E-state index contributed by atoms with van der Waals surface area (Å²) in [6, 6.07) is 20.3. The predicted octanol–water partition coefficient (Wildman–Crippen LogP) is 3.76. The number of carbonyl (C=O) groups is 2. The minimum absolute atomic E-state index is 0.0361. The number of carboxylic acid groups (broad SMARTS) is 1. The van der Waals surface area contributed by atoms with Crippen LogP contribution in [-0.4, -0.2) is 31.0 Å². The van der Waals surface area contributed by atoms with Gasteiger partial charge in [0.2, 0.25) is 5.78 Å². The minimum Gasteiger partial charge on any atom is -0.478 e. The normalized spacial score (nSPS) is 14.6. The van der Waals surface area contributed by atoms with Crippen molar-refractivity contribution in [1.29, 1.82) is 0 Å². The first-order valence-electron chi connectivity index (χ1n) is 9.21. The van der Waals surface area contributed by atoms with Crippen molar-refractivity contribution in [3.63, 3.8) is 0 Å². The quantitative estimate of drug-likeness (QED) is 0.635. The highest BCUT2D eigenvalue weighted by Gasteiger charge is 2.26. The van der Waals surface area contributed by atoms with Gasteiger partial charge in [-0.2, -0.15) is 12.8 Å². The van der Waals surface area contributed by atoms with Crippen LogP contribution in [0.15, 0.2) is 99.9 Å². The molecule has 1 aliphatic rings. The van der Waals surface area contributed by atoms with Crippen LogP contribution < -0.4 is 5.32 Å². The maximum atomic E-state index is 13.0. The Bertz CT molecular complexity index is 1360. The number of Topliss-reactive ketones (excluding diaryl/α,β-unsaturated/α-hetero) is 1. The average molecular weight is 432 g/mol. The molecule has 0 unspecified atom stereocenters. The Morgan fingerprint density at radius 1 is 0.871 bits per heavy atom. The molecule has 3 aromatic carbocycles. The van der Waals surface area contributed by atoms with Gasteiger partial charge >= 0.3 is 5.97 Å². The number of carboxylic acids is 1. The molecule has 0 heterocycles. The zero-order valence-corrected chi connectivity index (χ0v) is 16.8. The smallest absolute Gasteiger partial charge is 0.335 e. The molecule has 0 saturated carbocycles. The van der Waals surface area contributed by atoms with Crippen molar-refractivity contribution in [3.8, 4) is 0 Å². The lowest BCUT2D eigenvalue weighted by Crippen LogP contribution is -2.22. The van der Waals surface area contributed by atoms with Gasteiger partial charge in [0.15, 0.2) is 0 Å². The first kappa shape index (κ1) is 20.2. The number of benzene rings is 3. The summed E-state index contributed by atoms with van der Waals surface area (Å²) in [7, 11) is -4.01. The van der Waals surface area contributed by atoms with Crippen molar-refractivity contribution in [2.45, 2.75) is 4.90 Å². The topological polar surface area (TPSA) is 113 Å². The van der Waals surface area contributed by atoms with E-state index in [4.69, 9.17) is 0 Å². The predicted molar refractivity (Wildman–Crippen MR) is 116 cm³/mol. The van der Waals surface area contributed by atoms with E-state index in [1.165, 1.54) is 30.3 Å². The molecule has 4 rings (SSSR count). The largest absolute Gasteiger partial charge is 0.478 e. The van der Waals surface area contributed by atoms with Crippen LogP contribution in [0.1, 0.15) is 26.3 Å². The van der Waals surface area contributed by atoms with Crippen LogP contribution in [-0.2, 0) is 10.0 Å². The molecule has 0 aliphatic heterocycles. The van der Waals surface area contributed by atoms with Gasteiger partial charge in [-0.05, 0) is 36.4 Å². The molecule has 0 spiro atoms. The number of nitrogens with one attached hydrogen (secondary N) is 1. The third kappa shape index (κ3) is 4.15. The Kier molecular flexibility index (Phi) is 5.22. The second kappa shape index (κ2) is 8.00.